The number of hydrogen-bond acceptors (Lipinski definition) is 0. The molecule has 1 aliphatic carbocycles. The van der Waals surface area contributed by atoms with Gasteiger partial charge in [0.15, 0.2) is 0 Å². The van der Waals surface area contributed by atoms with E-state index in [1.807, 2.05) is 0 Å². The molecule has 0 radical (unpaired) electrons. The molecule has 2 aromatic carbocycles. The van der Waals surface area contributed by atoms with Crippen molar-refractivity contribution in [2.24, 2.45) is 0 Å². The summed E-state index contributed by atoms with van der Waals surface area (Å²) in [6, 6.07) is 11.1. The Kier molecular flexibility index (Phi) is 2.59. The third kappa shape index (κ3) is 1.69. The standard InChI is InChI=1S/C18H18/c1-12(2)15-8-7-14-9-10-16-13(3)5-4-6-17(16)18(14)11-15/h7-11H,1,3-6H2,2H3. The molecule has 0 saturated carbocycles. The van der Waals surface area contributed by atoms with Crippen molar-refractivity contribution in [3.8, 4) is 0 Å². The Morgan fingerprint density at radius 1 is 1.11 bits per heavy atom. The van der Waals surface area contributed by atoms with Crippen LogP contribution >= 0.6 is 0 Å². The van der Waals surface area contributed by atoms with Gasteiger partial charge in [-0.1, -0.05) is 43.0 Å². The van der Waals surface area contributed by atoms with Gasteiger partial charge in [0.2, 0.25) is 0 Å². The van der Waals surface area contributed by atoms with Gasteiger partial charge in [-0.25, -0.2) is 0 Å². The second-order valence-corrected chi connectivity index (χ2v) is 5.27. The van der Waals surface area contributed by atoms with Crippen LogP contribution in [0.25, 0.3) is 21.9 Å². The van der Waals surface area contributed by atoms with Crippen LogP contribution in [0.2, 0.25) is 0 Å². The predicted octanol–water partition coefficient (Wildman–Crippen LogP) is 5.22. The lowest BCUT2D eigenvalue weighted by Crippen LogP contribution is -2.02. The van der Waals surface area contributed by atoms with Crippen molar-refractivity contribution >= 4 is 21.9 Å². The van der Waals surface area contributed by atoms with E-state index in [-0.39, 0.29) is 0 Å². The highest BCUT2D eigenvalue weighted by atomic mass is 14.2. The van der Waals surface area contributed by atoms with E-state index in [4.69, 9.17) is 0 Å². The maximum atomic E-state index is 4.20. The molecule has 0 aliphatic heterocycles. The van der Waals surface area contributed by atoms with Crippen molar-refractivity contribution in [1.29, 1.82) is 0 Å². The van der Waals surface area contributed by atoms with Crippen LogP contribution in [0.15, 0.2) is 43.5 Å². The number of rotatable bonds is 1. The Balaban J connectivity index is 2.32. The quantitative estimate of drug-likeness (QED) is 0.634. The molecule has 0 bridgehead atoms. The van der Waals surface area contributed by atoms with Gasteiger partial charge in [-0.05, 0) is 65.3 Å². The summed E-state index contributed by atoms with van der Waals surface area (Å²) in [5.41, 5.74) is 6.51. The zero-order chi connectivity index (χ0) is 12.7. The molecule has 0 heteroatoms. The Hall–Kier alpha value is -1.82. The summed E-state index contributed by atoms with van der Waals surface area (Å²) in [5, 5.41) is 2.71. The molecule has 1 aliphatic rings. The van der Waals surface area contributed by atoms with E-state index in [1.54, 1.807) is 0 Å². The highest BCUT2D eigenvalue weighted by Crippen LogP contribution is 2.35. The molecule has 18 heavy (non-hydrogen) atoms. The molecule has 90 valence electrons. The summed E-state index contributed by atoms with van der Waals surface area (Å²) in [5.74, 6) is 0. The Morgan fingerprint density at radius 2 is 1.89 bits per heavy atom. The molecule has 0 atom stereocenters. The van der Waals surface area contributed by atoms with Gasteiger partial charge in [-0.2, -0.15) is 0 Å². The minimum absolute atomic E-state index is 1.13. The molecule has 0 nitrogen and oxygen atoms in total. The van der Waals surface area contributed by atoms with Gasteiger partial charge in [0, 0.05) is 0 Å². The summed E-state index contributed by atoms with van der Waals surface area (Å²) in [4.78, 5) is 0. The SMILES string of the molecule is C=C(C)c1ccc2ccc3c(c2c1)CCCC3=C. The summed E-state index contributed by atoms with van der Waals surface area (Å²) in [6.07, 6.45) is 3.53. The van der Waals surface area contributed by atoms with Crippen LogP contribution in [0.4, 0.5) is 0 Å². The number of benzene rings is 2. The molecule has 0 saturated heterocycles. The molecular weight excluding hydrogens is 216 g/mol. The van der Waals surface area contributed by atoms with E-state index in [0.717, 1.165) is 12.0 Å². The first-order chi connectivity index (χ1) is 8.66. The minimum Gasteiger partial charge on any atom is -0.0955 e. The van der Waals surface area contributed by atoms with E-state index in [1.165, 1.54) is 45.9 Å². The topological polar surface area (TPSA) is 0 Å². The lowest BCUT2D eigenvalue weighted by atomic mass is 9.84. The maximum Gasteiger partial charge on any atom is -0.0140 e. The van der Waals surface area contributed by atoms with Gasteiger partial charge >= 0.3 is 0 Å². The third-order valence-electron chi connectivity index (χ3n) is 3.91. The smallest absolute Gasteiger partial charge is 0.0140 e. The van der Waals surface area contributed by atoms with Crippen LogP contribution in [-0.4, -0.2) is 0 Å². The molecule has 0 fully saturated rings. The lowest BCUT2D eigenvalue weighted by molar-refractivity contribution is 0.830. The molecular formula is C18H18. The Morgan fingerprint density at radius 3 is 2.67 bits per heavy atom. The molecule has 0 spiro atoms. The summed E-state index contributed by atoms with van der Waals surface area (Å²) >= 11 is 0. The molecule has 3 rings (SSSR count). The predicted molar refractivity (Wildman–Crippen MR) is 80.6 cm³/mol. The fraction of sp³-hybridized carbons (Fsp3) is 0.222. The zero-order valence-electron chi connectivity index (χ0n) is 10.9. The van der Waals surface area contributed by atoms with E-state index < -0.39 is 0 Å². The summed E-state index contributed by atoms with van der Waals surface area (Å²) in [7, 11) is 0. The van der Waals surface area contributed by atoms with Crippen molar-refractivity contribution in [3.05, 3.63) is 60.2 Å². The Bertz CT molecular complexity index is 654. The first-order valence-corrected chi connectivity index (χ1v) is 6.56. The highest BCUT2D eigenvalue weighted by Gasteiger charge is 2.15. The maximum absolute atomic E-state index is 4.20. The van der Waals surface area contributed by atoms with E-state index in [0.29, 0.717) is 0 Å². The van der Waals surface area contributed by atoms with Gasteiger partial charge in [0.25, 0.3) is 0 Å². The highest BCUT2D eigenvalue weighted by molar-refractivity contribution is 5.93. The zero-order valence-corrected chi connectivity index (χ0v) is 10.9. The Labute approximate surface area is 109 Å². The van der Waals surface area contributed by atoms with Crippen LogP contribution in [-0.2, 0) is 6.42 Å². The first kappa shape index (κ1) is 11.3. The van der Waals surface area contributed by atoms with Gasteiger partial charge in [-0.3, -0.25) is 0 Å². The van der Waals surface area contributed by atoms with Crippen LogP contribution in [0, 0.1) is 0 Å². The van der Waals surface area contributed by atoms with Crippen molar-refractivity contribution in [2.75, 3.05) is 0 Å². The number of allylic oxidation sites excluding steroid dienone is 2. The molecule has 0 amide bonds. The van der Waals surface area contributed by atoms with E-state index in [2.05, 4.69) is 50.4 Å². The van der Waals surface area contributed by atoms with E-state index >= 15 is 0 Å². The summed E-state index contributed by atoms with van der Waals surface area (Å²) in [6.45, 7) is 10.3. The number of aryl methyl sites for hydroxylation is 1. The molecule has 0 heterocycles. The van der Waals surface area contributed by atoms with Crippen molar-refractivity contribution in [1.82, 2.24) is 0 Å². The largest absolute Gasteiger partial charge is 0.0955 e. The van der Waals surface area contributed by atoms with Crippen LogP contribution in [0.5, 0.6) is 0 Å². The minimum atomic E-state index is 1.13. The number of hydrogen-bond donors (Lipinski definition) is 0. The second-order valence-electron chi connectivity index (χ2n) is 5.27. The van der Waals surface area contributed by atoms with Gasteiger partial charge in [0.05, 0.1) is 0 Å². The third-order valence-corrected chi connectivity index (χ3v) is 3.91. The lowest BCUT2D eigenvalue weighted by Gasteiger charge is -2.20. The second kappa shape index (κ2) is 4.13. The normalized spacial score (nSPS) is 14.6. The van der Waals surface area contributed by atoms with Crippen molar-refractivity contribution in [3.63, 3.8) is 0 Å². The first-order valence-electron chi connectivity index (χ1n) is 6.56. The fourth-order valence-electron chi connectivity index (χ4n) is 2.86. The molecule has 0 N–H and O–H groups in total. The molecule has 0 unspecified atom stereocenters. The number of fused-ring (bicyclic) bond motifs is 3. The van der Waals surface area contributed by atoms with Crippen LogP contribution < -0.4 is 0 Å². The van der Waals surface area contributed by atoms with Gasteiger partial charge in [0.1, 0.15) is 0 Å². The van der Waals surface area contributed by atoms with Gasteiger partial charge < -0.3 is 0 Å². The van der Waals surface area contributed by atoms with Gasteiger partial charge in [-0.15, -0.1) is 0 Å². The molecule has 2 aromatic rings. The van der Waals surface area contributed by atoms with Crippen LogP contribution in [0.3, 0.4) is 0 Å². The van der Waals surface area contributed by atoms with E-state index in [9.17, 15) is 0 Å². The summed E-state index contributed by atoms with van der Waals surface area (Å²) < 4.78 is 0. The fourth-order valence-corrected chi connectivity index (χ4v) is 2.86. The van der Waals surface area contributed by atoms with Crippen molar-refractivity contribution < 1.29 is 0 Å². The average molecular weight is 234 g/mol. The monoisotopic (exact) mass is 234 g/mol. The molecule has 0 aromatic heterocycles. The van der Waals surface area contributed by atoms with Crippen LogP contribution in [0.1, 0.15) is 36.5 Å². The van der Waals surface area contributed by atoms with Crippen molar-refractivity contribution in [2.45, 2.75) is 26.2 Å². The average Bonchev–Trinajstić information content (AvgIpc) is 2.38.